The Morgan fingerprint density at radius 1 is 1.14 bits per heavy atom. The summed E-state index contributed by atoms with van der Waals surface area (Å²) < 4.78 is 0. The van der Waals surface area contributed by atoms with E-state index in [0.717, 1.165) is 30.9 Å². The number of rotatable bonds is 3. The SMILES string of the molecule is CN=C(NCCN1CCSCC1)N1CC2CCCCC2C1. The smallest absolute Gasteiger partial charge is 0.193 e. The van der Waals surface area contributed by atoms with Crippen molar-refractivity contribution < 1.29 is 0 Å². The Morgan fingerprint density at radius 3 is 2.43 bits per heavy atom. The van der Waals surface area contributed by atoms with Gasteiger partial charge in [0, 0.05) is 57.8 Å². The van der Waals surface area contributed by atoms with Crippen LogP contribution in [0.2, 0.25) is 0 Å². The second-order valence-corrected chi connectivity index (χ2v) is 7.86. The van der Waals surface area contributed by atoms with Crippen LogP contribution in [0.25, 0.3) is 0 Å². The molecule has 3 aliphatic rings. The summed E-state index contributed by atoms with van der Waals surface area (Å²) in [4.78, 5) is 9.60. The highest BCUT2D eigenvalue weighted by molar-refractivity contribution is 7.99. The largest absolute Gasteiger partial charge is 0.355 e. The first kappa shape index (κ1) is 15.5. The topological polar surface area (TPSA) is 30.9 Å². The Hall–Kier alpha value is -0.420. The molecule has 1 aliphatic carbocycles. The van der Waals surface area contributed by atoms with Gasteiger partial charge in [-0.05, 0) is 24.7 Å². The number of nitrogens with zero attached hydrogens (tertiary/aromatic N) is 3. The zero-order valence-corrected chi connectivity index (χ0v) is 14.2. The molecule has 0 aromatic carbocycles. The van der Waals surface area contributed by atoms with Gasteiger partial charge in [-0.3, -0.25) is 9.89 Å². The molecule has 1 N–H and O–H groups in total. The lowest BCUT2D eigenvalue weighted by Gasteiger charge is -2.27. The van der Waals surface area contributed by atoms with Crippen LogP contribution in [-0.4, -0.2) is 73.6 Å². The Morgan fingerprint density at radius 2 is 1.81 bits per heavy atom. The summed E-state index contributed by atoms with van der Waals surface area (Å²) in [6.07, 6.45) is 5.75. The molecule has 2 heterocycles. The molecular weight excluding hydrogens is 280 g/mol. The minimum absolute atomic E-state index is 0.927. The molecule has 0 spiro atoms. The molecule has 0 amide bonds. The van der Waals surface area contributed by atoms with E-state index in [1.165, 1.54) is 63.4 Å². The van der Waals surface area contributed by atoms with Crippen molar-refractivity contribution >= 4 is 17.7 Å². The molecule has 4 nitrogen and oxygen atoms in total. The average Bonchev–Trinajstić information content (AvgIpc) is 2.96. The molecule has 120 valence electrons. The maximum Gasteiger partial charge on any atom is 0.193 e. The van der Waals surface area contributed by atoms with Gasteiger partial charge in [0.25, 0.3) is 0 Å². The molecule has 2 unspecified atom stereocenters. The second-order valence-electron chi connectivity index (χ2n) is 6.64. The van der Waals surface area contributed by atoms with Crippen molar-refractivity contribution in [2.45, 2.75) is 25.7 Å². The van der Waals surface area contributed by atoms with E-state index in [0.29, 0.717) is 0 Å². The van der Waals surface area contributed by atoms with E-state index in [-0.39, 0.29) is 0 Å². The highest BCUT2D eigenvalue weighted by Crippen LogP contribution is 2.35. The third-order valence-electron chi connectivity index (χ3n) is 5.30. The molecule has 0 bridgehead atoms. The van der Waals surface area contributed by atoms with Crippen molar-refractivity contribution in [2.24, 2.45) is 16.8 Å². The Balaban J connectivity index is 1.42. The predicted molar refractivity (Wildman–Crippen MR) is 92.1 cm³/mol. The van der Waals surface area contributed by atoms with E-state index >= 15 is 0 Å². The van der Waals surface area contributed by atoms with Crippen molar-refractivity contribution in [3.05, 3.63) is 0 Å². The van der Waals surface area contributed by atoms with Crippen molar-refractivity contribution in [3.8, 4) is 0 Å². The number of aliphatic imine (C=N–C) groups is 1. The van der Waals surface area contributed by atoms with Gasteiger partial charge in [-0.2, -0.15) is 11.8 Å². The van der Waals surface area contributed by atoms with Crippen LogP contribution in [0.5, 0.6) is 0 Å². The lowest BCUT2D eigenvalue weighted by molar-refractivity contribution is 0.299. The second kappa shape index (κ2) is 7.73. The molecule has 0 aromatic heterocycles. The third kappa shape index (κ3) is 4.07. The van der Waals surface area contributed by atoms with Gasteiger partial charge >= 0.3 is 0 Å². The van der Waals surface area contributed by atoms with Gasteiger partial charge < -0.3 is 10.2 Å². The van der Waals surface area contributed by atoms with Crippen LogP contribution in [0.4, 0.5) is 0 Å². The van der Waals surface area contributed by atoms with Gasteiger partial charge in [-0.25, -0.2) is 0 Å². The first-order chi connectivity index (χ1) is 10.4. The number of hydrogen-bond donors (Lipinski definition) is 1. The molecule has 0 aromatic rings. The van der Waals surface area contributed by atoms with Crippen LogP contribution in [0.3, 0.4) is 0 Å². The molecule has 3 rings (SSSR count). The molecule has 2 aliphatic heterocycles. The molecule has 2 saturated heterocycles. The lowest BCUT2D eigenvalue weighted by Crippen LogP contribution is -2.44. The predicted octanol–water partition coefficient (Wildman–Crippen LogP) is 1.73. The van der Waals surface area contributed by atoms with Gasteiger partial charge in [-0.15, -0.1) is 0 Å². The van der Waals surface area contributed by atoms with Crippen LogP contribution in [0, 0.1) is 11.8 Å². The fourth-order valence-corrected chi connectivity index (χ4v) is 5.04. The van der Waals surface area contributed by atoms with Crippen LogP contribution < -0.4 is 5.32 Å². The molecule has 3 fully saturated rings. The van der Waals surface area contributed by atoms with E-state index < -0.39 is 0 Å². The Labute approximate surface area is 133 Å². The quantitative estimate of drug-likeness (QED) is 0.635. The Bertz CT molecular complexity index is 340. The molecule has 21 heavy (non-hydrogen) atoms. The number of likely N-dealkylation sites (tertiary alicyclic amines) is 1. The van der Waals surface area contributed by atoms with Crippen molar-refractivity contribution in [2.75, 3.05) is 57.8 Å². The number of hydrogen-bond acceptors (Lipinski definition) is 3. The van der Waals surface area contributed by atoms with Gasteiger partial charge in [0.05, 0.1) is 0 Å². The standard InChI is InChI=1S/C16H30N4S/c1-17-16(18-6-7-19-8-10-21-11-9-19)20-12-14-4-2-3-5-15(14)13-20/h14-15H,2-13H2,1H3,(H,17,18). The summed E-state index contributed by atoms with van der Waals surface area (Å²) in [5, 5.41) is 3.60. The minimum Gasteiger partial charge on any atom is -0.355 e. The van der Waals surface area contributed by atoms with Crippen LogP contribution in [0.15, 0.2) is 4.99 Å². The van der Waals surface area contributed by atoms with Crippen molar-refractivity contribution in [1.82, 2.24) is 15.1 Å². The maximum absolute atomic E-state index is 4.52. The van der Waals surface area contributed by atoms with E-state index in [4.69, 9.17) is 0 Å². The third-order valence-corrected chi connectivity index (χ3v) is 6.24. The number of nitrogens with one attached hydrogen (secondary N) is 1. The van der Waals surface area contributed by atoms with E-state index in [2.05, 4.69) is 31.9 Å². The normalized spacial score (nSPS) is 31.3. The van der Waals surface area contributed by atoms with E-state index in [1.807, 2.05) is 7.05 Å². The zero-order valence-electron chi connectivity index (χ0n) is 13.4. The number of thioether (sulfide) groups is 1. The summed E-state index contributed by atoms with van der Waals surface area (Å²) in [5.74, 6) is 5.58. The van der Waals surface area contributed by atoms with Crippen LogP contribution in [0.1, 0.15) is 25.7 Å². The first-order valence-electron chi connectivity index (χ1n) is 8.62. The lowest BCUT2D eigenvalue weighted by atomic mass is 9.82. The number of guanidine groups is 1. The summed E-state index contributed by atoms with van der Waals surface area (Å²) in [7, 11) is 1.93. The molecule has 0 radical (unpaired) electrons. The van der Waals surface area contributed by atoms with Gasteiger partial charge in [0.1, 0.15) is 0 Å². The monoisotopic (exact) mass is 310 g/mol. The molecule has 1 saturated carbocycles. The van der Waals surface area contributed by atoms with Gasteiger partial charge in [0.15, 0.2) is 5.96 Å². The molecular formula is C16H30N4S. The summed E-state index contributed by atoms with van der Waals surface area (Å²) in [5.41, 5.74) is 0. The summed E-state index contributed by atoms with van der Waals surface area (Å²) in [6, 6.07) is 0. The van der Waals surface area contributed by atoms with Crippen molar-refractivity contribution in [1.29, 1.82) is 0 Å². The van der Waals surface area contributed by atoms with Crippen LogP contribution in [-0.2, 0) is 0 Å². The highest BCUT2D eigenvalue weighted by atomic mass is 32.2. The maximum atomic E-state index is 4.52. The average molecular weight is 311 g/mol. The van der Waals surface area contributed by atoms with E-state index in [9.17, 15) is 0 Å². The minimum atomic E-state index is 0.927. The van der Waals surface area contributed by atoms with Crippen LogP contribution >= 0.6 is 11.8 Å². The summed E-state index contributed by atoms with van der Waals surface area (Å²) in [6.45, 7) is 7.14. The fraction of sp³-hybridized carbons (Fsp3) is 0.938. The first-order valence-corrected chi connectivity index (χ1v) is 9.78. The molecule has 2 atom stereocenters. The summed E-state index contributed by atoms with van der Waals surface area (Å²) >= 11 is 2.08. The number of fused-ring (bicyclic) bond motifs is 1. The van der Waals surface area contributed by atoms with Gasteiger partial charge in [-0.1, -0.05) is 12.8 Å². The fourth-order valence-electron chi connectivity index (χ4n) is 4.06. The van der Waals surface area contributed by atoms with Crippen molar-refractivity contribution in [3.63, 3.8) is 0 Å². The molecule has 5 heteroatoms. The van der Waals surface area contributed by atoms with Gasteiger partial charge in [0.2, 0.25) is 0 Å². The Kier molecular flexibility index (Phi) is 5.69. The van der Waals surface area contributed by atoms with E-state index in [1.54, 1.807) is 0 Å². The zero-order chi connectivity index (χ0) is 14.5. The highest BCUT2D eigenvalue weighted by Gasteiger charge is 2.35.